The molecule has 2 aromatic rings. The first-order chi connectivity index (χ1) is 12.5. The van der Waals surface area contributed by atoms with E-state index >= 15 is 0 Å². The van der Waals surface area contributed by atoms with E-state index in [1.807, 2.05) is 19.1 Å². The average Bonchev–Trinajstić information content (AvgIpc) is 2.89. The van der Waals surface area contributed by atoms with E-state index < -0.39 is 17.9 Å². The van der Waals surface area contributed by atoms with Crippen LogP contribution in [0.5, 0.6) is 0 Å². The number of hydrogen-bond donors (Lipinski definition) is 1. The van der Waals surface area contributed by atoms with Gasteiger partial charge in [-0.3, -0.25) is 19.3 Å². The lowest BCUT2D eigenvalue weighted by molar-refractivity contribution is -0.120. The van der Waals surface area contributed by atoms with Gasteiger partial charge in [-0.25, -0.2) is 0 Å². The van der Waals surface area contributed by atoms with E-state index in [0.717, 1.165) is 22.2 Å². The zero-order valence-corrected chi connectivity index (χ0v) is 16.0. The Labute approximate surface area is 160 Å². The second-order valence-corrected chi connectivity index (χ2v) is 7.10. The number of carbonyl (C=O) groups excluding carboxylic acids is 3. The fourth-order valence-corrected chi connectivity index (χ4v) is 3.29. The van der Waals surface area contributed by atoms with Gasteiger partial charge in [-0.05, 0) is 42.8 Å². The fourth-order valence-electron chi connectivity index (χ4n) is 3.02. The number of benzene rings is 2. The Kier molecular flexibility index (Phi) is 5.52. The first kappa shape index (κ1) is 18.3. The number of halogens is 1. The van der Waals surface area contributed by atoms with Crippen LogP contribution < -0.4 is 5.32 Å². The maximum Gasteiger partial charge on any atom is 0.262 e. The highest BCUT2D eigenvalue weighted by Crippen LogP contribution is 2.27. The van der Waals surface area contributed by atoms with Crippen molar-refractivity contribution in [1.29, 1.82) is 0 Å². The summed E-state index contributed by atoms with van der Waals surface area (Å²) in [7, 11) is 0. The van der Waals surface area contributed by atoms with Crippen LogP contribution in [0.25, 0.3) is 0 Å². The summed E-state index contributed by atoms with van der Waals surface area (Å²) in [5.74, 6) is -1.16. The minimum Gasteiger partial charge on any atom is -0.324 e. The zero-order valence-electron chi connectivity index (χ0n) is 14.4. The highest BCUT2D eigenvalue weighted by Gasteiger charge is 2.42. The highest BCUT2D eigenvalue weighted by atomic mass is 79.9. The molecule has 0 aliphatic carbocycles. The molecule has 6 heteroatoms. The molecule has 0 bridgehead atoms. The van der Waals surface area contributed by atoms with Gasteiger partial charge < -0.3 is 5.32 Å². The summed E-state index contributed by atoms with van der Waals surface area (Å²) in [5, 5.41) is 2.82. The Balaban J connectivity index is 1.86. The topological polar surface area (TPSA) is 66.5 Å². The van der Waals surface area contributed by atoms with Gasteiger partial charge in [-0.1, -0.05) is 47.8 Å². The molecular weight excluding hydrogens is 396 g/mol. The molecule has 26 heavy (non-hydrogen) atoms. The molecule has 134 valence electrons. The summed E-state index contributed by atoms with van der Waals surface area (Å²) < 4.78 is 0.901. The molecule has 2 aromatic carbocycles. The smallest absolute Gasteiger partial charge is 0.262 e. The molecule has 1 atom stereocenters. The molecule has 5 nitrogen and oxygen atoms in total. The minimum atomic E-state index is -0.828. The molecule has 0 fully saturated rings. The molecule has 3 amide bonds. The minimum absolute atomic E-state index is 0.352. The van der Waals surface area contributed by atoms with Gasteiger partial charge in [0.25, 0.3) is 11.8 Å². The van der Waals surface area contributed by atoms with Crippen LogP contribution in [0.1, 0.15) is 46.9 Å². The molecule has 1 aliphatic heterocycles. The van der Waals surface area contributed by atoms with Crippen molar-refractivity contribution in [3.05, 3.63) is 64.1 Å². The molecule has 1 heterocycles. The molecule has 0 spiro atoms. The van der Waals surface area contributed by atoms with Crippen molar-refractivity contribution < 1.29 is 14.4 Å². The first-order valence-corrected chi connectivity index (χ1v) is 9.35. The summed E-state index contributed by atoms with van der Waals surface area (Å²) in [6.07, 6.45) is 2.04. The number of amides is 3. The van der Waals surface area contributed by atoms with E-state index in [-0.39, 0.29) is 5.91 Å². The summed E-state index contributed by atoms with van der Waals surface area (Å²) in [5.41, 5.74) is 1.34. The zero-order chi connectivity index (χ0) is 18.7. The van der Waals surface area contributed by atoms with Crippen LogP contribution in [0.2, 0.25) is 0 Å². The van der Waals surface area contributed by atoms with Crippen molar-refractivity contribution in [1.82, 2.24) is 4.90 Å². The second kappa shape index (κ2) is 7.83. The van der Waals surface area contributed by atoms with Crippen molar-refractivity contribution in [2.75, 3.05) is 5.32 Å². The summed E-state index contributed by atoms with van der Waals surface area (Å²) in [6.45, 7) is 2.01. The normalized spacial score (nSPS) is 14.3. The molecule has 3 rings (SSSR count). The lowest BCUT2D eigenvalue weighted by Gasteiger charge is -2.25. The van der Waals surface area contributed by atoms with Crippen molar-refractivity contribution in [3.8, 4) is 0 Å². The van der Waals surface area contributed by atoms with E-state index in [2.05, 4.69) is 21.2 Å². The van der Waals surface area contributed by atoms with Gasteiger partial charge in [0, 0.05) is 10.2 Å². The lowest BCUT2D eigenvalue weighted by Crippen LogP contribution is -2.47. The van der Waals surface area contributed by atoms with Gasteiger partial charge in [0.2, 0.25) is 5.91 Å². The molecular formula is C20H19BrN2O3. The number of unbranched alkanes of at least 4 members (excludes halogenated alkanes) is 1. The van der Waals surface area contributed by atoms with Gasteiger partial charge >= 0.3 is 0 Å². The van der Waals surface area contributed by atoms with Crippen molar-refractivity contribution in [3.63, 3.8) is 0 Å². The largest absolute Gasteiger partial charge is 0.324 e. The maximum absolute atomic E-state index is 12.9. The van der Waals surface area contributed by atoms with Crippen LogP contribution in [0.15, 0.2) is 53.0 Å². The number of carbonyl (C=O) groups is 3. The van der Waals surface area contributed by atoms with E-state index in [1.54, 1.807) is 36.4 Å². The van der Waals surface area contributed by atoms with Crippen LogP contribution in [-0.4, -0.2) is 28.7 Å². The molecule has 1 aliphatic rings. The summed E-state index contributed by atoms with van der Waals surface area (Å²) in [6, 6.07) is 13.0. The highest BCUT2D eigenvalue weighted by molar-refractivity contribution is 9.10. The third-order valence-corrected chi connectivity index (χ3v) is 4.91. The number of nitrogens with zero attached hydrogens (tertiary/aromatic N) is 1. The van der Waals surface area contributed by atoms with Gasteiger partial charge in [0.1, 0.15) is 6.04 Å². The molecule has 1 unspecified atom stereocenters. The number of nitrogens with one attached hydrogen (secondary N) is 1. The van der Waals surface area contributed by atoms with Crippen LogP contribution in [0.3, 0.4) is 0 Å². The van der Waals surface area contributed by atoms with Crippen molar-refractivity contribution in [2.45, 2.75) is 32.2 Å². The third kappa shape index (κ3) is 3.55. The van der Waals surface area contributed by atoms with Gasteiger partial charge in [0.05, 0.1) is 11.1 Å². The second-order valence-electron chi connectivity index (χ2n) is 6.18. The number of hydrogen-bond acceptors (Lipinski definition) is 3. The molecule has 0 saturated heterocycles. The predicted molar refractivity (Wildman–Crippen MR) is 103 cm³/mol. The van der Waals surface area contributed by atoms with Crippen LogP contribution in [-0.2, 0) is 4.79 Å². The van der Waals surface area contributed by atoms with Crippen LogP contribution in [0.4, 0.5) is 5.69 Å². The molecule has 1 N–H and O–H groups in total. The number of imide groups is 1. The number of fused-ring (bicyclic) bond motifs is 1. The van der Waals surface area contributed by atoms with Crippen LogP contribution in [0, 0.1) is 0 Å². The van der Waals surface area contributed by atoms with E-state index in [4.69, 9.17) is 0 Å². The Bertz CT molecular complexity index is 813. The molecule has 0 aromatic heterocycles. The van der Waals surface area contributed by atoms with Gasteiger partial charge in [-0.15, -0.1) is 0 Å². The van der Waals surface area contributed by atoms with Crippen LogP contribution >= 0.6 is 15.9 Å². The summed E-state index contributed by atoms with van der Waals surface area (Å²) in [4.78, 5) is 39.4. The van der Waals surface area contributed by atoms with E-state index in [9.17, 15) is 14.4 Å². The van der Waals surface area contributed by atoms with E-state index in [1.165, 1.54) is 0 Å². The monoisotopic (exact) mass is 414 g/mol. The van der Waals surface area contributed by atoms with Crippen molar-refractivity contribution >= 4 is 39.3 Å². The lowest BCUT2D eigenvalue weighted by atomic mass is 10.1. The average molecular weight is 415 g/mol. The molecule has 0 radical (unpaired) electrons. The maximum atomic E-state index is 12.9. The first-order valence-electron chi connectivity index (χ1n) is 8.56. The fraction of sp³-hybridized carbons (Fsp3) is 0.250. The SMILES string of the molecule is CCCCC(C(=O)Nc1ccc(Br)cc1)N1C(=O)c2ccccc2C1=O. The van der Waals surface area contributed by atoms with Gasteiger partial charge in [-0.2, -0.15) is 0 Å². The van der Waals surface area contributed by atoms with Gasteiger partial charge in [0.15, 0.2) is 0 Å². The Morgan fingerprint density at radius 3 is 2.15 bits per heavy atom. The third-order valence-electron chi connectivity index (χ3n) is 4.38. The van der Waals surface area contributed by atoms with Crippen molar-refractivity contribution in [2.24, 2.45) is 0 Å². The predicted octanol–water partition coefficient (Wildman–Crippen LogP) is 4.24. The standard InChI is InChI=1S/C20H19BrN2O3/c1-2-3-8-17(18(24)22-14-11-9-13(21)10-12-14)23-19(25)15-6-4-5-7-16(15)20(23)26/h4-7,9-12,17H,2-3,8H2,1H3,(H,22,24). The number of anilines is 1. The quantitative estimate of drug-likeness (QED) is 0.718. The number of rotatable bonds is 6. The summed E-state index contributed by atoms with van der Waals surface area (Å²) >= 11 is 3.35. The Morgan fingerprint density at radius 2 is 1.62 bits per heavy atom. The Hall–Kier alpha value is -2.47. The van der Waals surface area contributed by atoms with E-state index in [0.29, 0.717) is 23.2 Å². The molecule has 0 saturated carbocycles. The Morgan fingerprint density at radius 1 is 1.04 bits per heavy atom.